The third-order valence-electron chi connectivity index (χ3n) is 5.93. The van der Waals surface area contributed by atoms with Gasteiger partial charge < -0.3 is 10.2 Å². The highest BCUT2D eigenvalue weighted by molar-refractivity contribution is 7.92. The fourth-order valence-corrected chi connectivity index (χ4v) is 5.03. The van der Waals surface area contributed by atoms with Crippen LogP contribution in [-0.2, 0) is 32.6 Å². The van der Waals surface area contributed by atoms with E-state index in [9.17, 15) is 18.0 Å². The van der Waals surface area contributed by atoms with Gasteiger partial charge in [-0.3, -0.25) is 13.9 Å². The van der Waals surface area contributed by atoms with Crippen LogP contribution in [0.5, 0.6) is 0 Å². The Morgan fingerprint density at radius 2 is 1.45 bits per heavy atom. The second-order valence-corrected chi connectivity index (χ2v) is 12.5. The summed E-state index contributed by atoms with van der Waals surface area (Å²) in [5, 5.41) is 3.02. The molecule has 0 saturated carbocycles. The van der Waals surface area contributed by atoms with E-state index < -0.39 is 34.1 Å². The Morgan fingerprint density at radius 1 is 0.868 bits per heavy atom. The summed E-state index contributed by atoms with van der Waals surface area (Å²) in [5.74, 6) is -0.766. The Labute approximate surface area is 226 Å². The highest BCUT2D eigenvalue weighted by Crippen LogP contribution is 2.21. The van der Waals surface area contributed by atoms with E-state index in [0.29, 0.717) is 5.69 Å². The quantitative estimate of drug-likeness (QED) is 0.419. The van der Waals surface area contributed by atoms with Crippen LogP contribution in [0.3, 0.4) is 0 Å². The summed E-state index contributed by atoms with van der Waals surface area (Å²) in [5.41, 5.74) is 2.49. The number of nitrogens with one attached hydrogen (secondary N) is 1. The molecule has 38 heavy (non-hydrogen) atoms. The van der Waals surface area contributed by atoms with Crippen molar-refractivity contribution in [1.29, 1.82) is 0 Å². The second kappa shape index (κ2) is 12.3. The van der Waals surface area contributed by atoms with E-state index in [2.05, 4.69) is 5.32 Å². The van der Waals surface area contributed by atoms with Gasteiger partial charge in [0, 0.05) is 18.5 Å². The van der Waals surface area contributed by atoms with E-state index >= 15 is 0 Å². The van der Waals surface area contributed by atoms with E-state index in [1.165, 1.54) is 4.90 Å². The molecular formula is C30H37N3O4S. The van der Waals surface area contributed by atoms with Gasteiger partial charge in [0.05, 0.1) is 11.9 Å². The summed E-state index contributed by atoms with van der Waals surface area (Å²) in [6.07, 6.45) is 1.36. The number of carbonyl (C=O) groups is 2. The van der Waals surface area contributed by atoms with Gasteiger partial charge in [0.15, 0.2) is 0 Å². The molecule has 7 nitrogen and oxygen atoms in total. The van der Waals surface area contributed by atoms with Crippen LogP contribution >= 0.6 is 0 Å². The summed E-state index contributed by atoms with van der Waals surface area (Å²) < 4.78 is 26.7. The molecule has 0 fully saturated rings. The Bertz CT molecular complexity index is 1340. The van der Waals surface area contributed by atoms with Crippen molar-refractivity contribution in [2.75, 3.05) is 17.1 Å². The average Bonchev–Trinajstić information content (AvgIpc) is 2.84. The number of sulfonamides is 1. The molecule has 1 unspecified atom stereocenters. The van der Waals surface area contributed by atoms with Crippen LogP contribution in [0, 0.1) is 6.92 Å². The molecular weight excluding hydrogens is 498 g/mol. The van der Waals surface area contributed by atoms with Crippen LogP contribution in [-0.4, -0.2) is 49.5 Å². The molecule has 0 aliphatic rings. The number of carbonyl (C=O) groups excluding carboxylic acids is 2. The predicted octanol–water partition coefficient (Wildman–Crippen LogP) is 4.32. The molecule has 8 heteroatoms. The van der Waals surface area contributed by atoms with Gasteiger partial charge in [-0.2, -0.15) is 0 Å². The largest absolute Gasteiger partial charge is 0.350 e. The second-order valence-electron chi connectivity index (χ2n) is 10.6. The Hall–Kier alpha value is -3.65. The first-order chi connectivity index (χ1) is 17.8. The summed E-state index contributed by atoms with van der Waals surface area (Å²) in [6, 6.07) is 25.0. The van der Waals surface area contributed by atoms with Crippen molar-refractivity contribution in [3.63, 3.8) is 0 Å². The topological polar surface area (TPSA) is 86.8 Å². The fourth-order valence-electron chi connectivity index (χ4n) is 4.18. The molecule has 3 aromatic rings. The molecule has 0 aliphatic carbocycles. The standard InChI is InChI=1S/C30H37N3O4S/c1-23-13-12-18-26(19-23)33(38(5,36)37)22-28(34)32(21-25-16-10-7-11-17-25)27(29(35)31-30(2,3)4)20-24-14-8-6-9-15-24/h6-19,27H,20-22H2,1-5H3,(H,31,35). The first-order valence-electron chi connectivity index (χ1n) is 12.6. The van der Waals surface area contributed by atoms with Crippen molar-refractivity contribution in [2.45, 2.75) is 52.2 Å². The van der Waals surface area contributed by atoms with Gasteiger partial charge in [0.2, 0.25) is 21.8 Å². The Morgan fingerprint density at radius 3 is 1.97 bits per heavy atom. The van der Waals surface area contributed by atoms with Crippen molar-refractivity contribution < 1.29 is 18.0 Å². The molecule has 3 aromatic carbocycles. The van der Waals surface area contributed by atoms with Crippen LogP contribution in [0.15, 0.2) is 84.9 Å². The molecule has 0 radical (unpaired) electrons. The number of amides is 2. The van der Waals surface area contributed by atoms with Gasteiger partial charge in [-0.1, -0.05) is 72.8 Å². The zero-order valence-corrected chi connectivity index (χ0v) is 23.5. The molecule has 0 aliphatic heterocycles. The lowest BCUT2D eigenvalue weighted by Gasteiger charge is -2.35. The molecule has 0 heterocycles. The van der Waals surface area contributed by atoms with Crippen molar-refractivity contribution in [2.24, 2.45) is 0 Å². The smallest absolute Gasteiger partial charge is 0.244 e. The van der Waals surface area contributed by atoms with Crippen molar-refractivity contribution in [3.8, 4) is 0 Å². The minimum absolute atomic E-state index is 0.153. The molecule has 0 bridgehead atoms. The van der Waals surface area contributed by atoms with Crippen LogP contribution in [0.25, 0.3) is 0 Å². The number of hydrogen-bond acceptors (Lipinski definition) is 4. The lowest BCUT2D eigenvalue weighted by molar-refractivity contribution is -0.140. The molecule has 0 spiro atoms. The van der Waals surface area contributed by atoms with Crippen LogP contribution in [0.1, 0.15) is 37.5 Å². The molecule has 2 amide bonds. The van der Waals surface area contributed by atoms with E-state index in [-0.39, 0.29) is 18.9 Å². The SMILES string of the molecule is Cc1cccc(N(CC(=O)N(Cc2ccccc2)C(Cc2ccccc2)C(=O)NC(C)(C)C)S(C)(=O)=O)c1. The minimum atomic E-state index is -3.78. The highest BCUT2D eigenvalue weighted by atomic mass is 32.2. The fraction of sp³-hybridized carbons (Fsp3) is 0.333. The third-order valence-corrected chi connectivity index (χ3v) is 7.07. The number of aryl methyl sites for hydroxylation is 1. The van der Waals surface area contributed by atoms with E-state index in [0.717, 1.165) is 27.3 Å². The molecule has 202 valence electrons. The minimum Gasteiger partial charge on any atom is -0.350 e. The number of nitrogens with zero attached hydrogens (tertiary/aromatic N) is 2. The molecule has 3 rings (SSSR count). The number of anilines is 1. The van der Waals surface area contributed by atoms with Gasteiger partial charge in [-0.15, -0.1) is 0 Å². The zero-order chi connectivity index (χ0) is 27.9. The normalized spacial score (nSPS) is 12.4. The van der Waals surface area contributed by atoms with Gasteiger partial charge in [-0.05, 0) is 56.5 Å². The van der Waals surface area contributed by atoms with Gasteiger partial charge >= 0.3 is 0 Å². The maximum atomic E-state index is 14.0. The molecule has 1 atom stereocenters. The molecule has 1 N–H and O–H groups in total. The summed E-state index contributed by atoms with van der Waals surface area (Å²) >= 11 is 0. The van der Waals surface area contributed by atoms with E-state index in [4.69, 9.17) is 0 Å². The van der Waals surface area contributed by atoms with Crippen LogP contribution in [0.2, 0.25) is 0 Å². The Kier molecular flexibility index (Phi) is 9.33. The first-order valence-corrected chi connectivity index (χ1v) is 14.4. The average molecular weight is 536 g/mol. The van der Waals surface area contributed by atoms with Gasteiger partial charge in [0.1, 0.15) is 12.6 Å². The summed E-state index contributed by atoms with van der Waals surface area (Å²) in [6.45, 7) is 7.24. The highest BCUT2D eigenvalue weighted by Gasteiger charge is 2.34. The third kappa shape index (κ3) is 8.45. The van der Waals surface area contributed by atoms with Crippen LogP contribution < -0.4 is 9.62 Å². The summed E-state index contributed by atoms with van der Waals surface area (Å²) in [7, 11) is -3.78. The number of hydrogen-bond donors (Lipinski definition) is 1. The van der Waals surface area contributed by atoms with Crippen LogP contribution in [0.4, 0.5) is 5.69 Å². The predicted molar refractivity (Wildman–Crippen MR) is 152 cm³/mol. The van der Waals surface area contributed by atoms with Crippen molar-refractivity contribution >= 4 is 27.5 Å². The van der Waals surface area contributed by atoms with E-state index in [1.807, 2.05) is 94.4 Å². The van der Waals surface area contributed by atoms with Crippen molar-refractivity contribution in [3.05, 3.63) is 102 Å². The molecule has 0 saturated heterocycles. The maximum absolute atomic E-state index is 14.0. The monoisotopic (exact) mass is 535 g/mol. The Balaban J connectivity index is 2.05. The molecule has 0 aromatic heterocycles. The van der Waals surface area contributed by atoms with E-state index in [1.54, 1.807) is 18.2 Å². The zero-order valence-electron chi connectivity index (χ0n) is 22.7. The van der Waals surface area contributed by atoms with Gasteiger partial charge in [-0.25, -0.2) is 8.42 Å². The lowest BCUT2D eigenvalue weighted by atomic mass is 10.0. The number of rotatable bonds is 10. The number of benzene rings is 3. The van der Waals surface area contributed by atoms with Crippen molar-refractivity contribution in [1.82, 2.24) is 10.2 Å². The summed E-state index contributed by atoms with van der Waals surface area (Å²) in [4.78, 5) is 29.2. The lowest BCUT2D eigenvalue weighted by Crippen LogP contribution is -2.56. The van der Waals surface area contributed by atoms with Gasteiger partial charge in [0.25, 0.3) is 0 Å². The first kappa shape index (κ1) is 28.9. The maximum Gasteiger partial charge on any atom is 0.244 e.